The van der Waals surface area contributed by atoms with Crippen LogP contribution in [0.5, 0.6) is 0 Å². The van der Waals surface area contributed by atoms with E-state index in [1.54, 1.807) is 12.1 Å². The molecule has 1 aliphatic rings. The molecule has 1 aliphatic carbocycles. The van der Waals surface area contributed by atoms with Gasteiger partial charge < -0.3 is 10.2 Å². The molecule has 25 heavy (non-hydrogen) atoms. The number of Topliss-reactive ketones (excluding diaryl/α,β-unsaturated/α-hetero) is 1. The molecule has 128 valence electrons. The van der Waals surface area contributed by atoms with Crippen molar-refractivity contribution in [3.8, 4) is 0 Å². The summed E-state index contributed by atoms with van der Waals surface area (Å²) in [6.45, 7) is 8.22. The first-order chi connectivity index (χ1) is 12.0. The van der Waals surface area contributed by atoms with Crippen LogP contribution in [0.1, 0.15) is 35.3 Å². The molecule has 0 heterocycles. The zero-order valence-electron chi connectivity index (χ0n) is 14.8. The molecule has 4 nitrogen and oxygen atoms in total. The van der Waals surface area contributed by atoms with Gasteiger partial charge in [-0.25, -0.2) is 0 Å². The summed E-state index contributed by atoms with van der Waals surface area (Å²) in [6, 6.07) is 13.4. The molecule has 4 heteroatoms. The zero-order valence-corrected chi connectivity index (χ0v) is 14.8. The van der Waals surface area contributed by atoms with Crippen molar-refractivity contribution in [2.24, 2.45) is 0 Å². The lowest BCUT2D eigenvalue weighted by Gasteiger charge is -2.23. The number of nitrogens with zero attached hydrogens (tertiary/aromatic N) is 1. The summed E-state index contributed by atoms with van der Waals surface area (Å²) in [5.41, 5.74) is 5.08. The number of anilines is 2. The summed E-state index contributed by atoms with van der Waals surface area (Å²) in [4.78, 5) is 26.3. The van der Waals surface area contributed by atoms with E-state index in [4.69, 9.17) is 0 Å². The molecule has 0 aromatic heterocycles. The number of nitrogens with one attached hydrogen (secondary N) is 1. The minimum Gasteiger partial charge on any atom is -0.372 e. The van der Waals surface area contributed by atoms with Gasteiger partial charge in [0.15, 0.2) is 0 Å². The average molecular weight is 334 g/mol. The molecule has 2 aromatic carbocycles. The molecule has 0 amide bonds. The first-order valence-corrected chi connectivity index (χ1v) is 8.57. The van der Waals surface area contributed by atoms with E-state index >= 15 is 0 Å². The summed E-state index contributed by atoms with van der Waals surface area (Å²) in [5.74, 6) is -0.937. The van der Waals surface area contributed by atoms with Crippen molar-refractivity contribution in [3.05, 3.63) is 65.2 Å². The number of aryl methyl sites for hydroxylation is 1. The fourth-order valence-electron chi connectivity index (χ4n) is 3.15. The first-order valence-electron chi connectivity index (χ1n) is 8.57. The third-order valence-corrected chi connectivity index (χ3v) is 4.57. The predicted octanol–water partition coefficient (Wildman–Crippen LogP) is 4.06. The van der Waals surface area contributed by atoms with Gasteiger partial charge in [-0.1, -0.05) is 24.3 Å². The zero-order chi connectivity index (χ0) is 18.0. The fourth-order valence-corrected chi connectivity index (χ4v) is 3.15. The van der Waals surface area contributed by atoms with Crippen LogP contribution in [0.25, 0.3) is 5.70 Å². The maximum absolute atomic E-state index is 12.0. The van der Waals surface area contributed by atoms with Crippen LogP contribution in [-0.2, 0) is 4.79 Å². The summed E-state index contributed by atoms with van der Waals surface area (Å²) >= 11 is 0. The van der Waals surface area contributed by atoms with Crippen LogP contribution < -0.4 is 10.2 Å². The van der Waals surface area contributed by atoms with Crippen molar-refractivity contribution >= 4 is 28.6 Å². The van der Waals surface area contributed by atoms with Crippen molar-refractivity contribution in [2.45, 2.75) is 20.8 Å². The molecule has 0 saturated heterocycles. The lowest BCUT2D eigenvalue weighted by atomic mass is 9.92. The van der Waals surface area contributed by atoms with Gasteiger partial charge in [0.05, 0.1) is 5.70 Å². The van der Waals surface area contributed by atoms with E-state index < -0.39 is 11.6 Å². The number of fused-ring (bicyclic) bond motifs is 1. The number of allylic oxidation sites excluding steroid dienone is 1. The second-order valence-electron chi connectivity index (χ2n) is 6.09. The monoisotopic (exact) mass is 334 g/mol. The van der Waals surface area contributed by atoms with Crippen LogP contribution in [0.15, 0.2) is 48.5 Å². The van der Waals surface area contributed by atoms with Crippen molar-refractivity contribution in [2.75, 3.05) is 23.3 Å². The topological polar surface area (TPSA) is 49.4 Å². The van der Waals surface area contributed by atoms with Gasteiger partial charge >= 0.3 is 0 Å². The minimum atomic E-state index is -0.487. The Morgan fingerprint density at radius 1 is 0.960 bits per heavy atom. The summed E-state index contributed by atoms with van der Waals surface area (Å²) in [5, 5.41) is 3.33. The highest BCUT2D eigenvalue weighted by Crippen LogP contribution is 2.29. The maximum Gasteiger partial charge on any atom is 0.233 e. The molecule has 0 unspecified atom stereocenters. The Balaban J connectivity index is 1.94. The lowest BCUT2D eigenvalue weighted by Crippen LogP contribution is -2.22. The SMILES string of the molecule is CCN(CC)c1ccc(NC2=CC(=O)C(=O)c3ccccc32)c(C)c1. The maximum atomic E-state index is 12.0. The van der Waals surface area contributed by atoms with E-state index in [2.05, 4.69) is 36.2 Å². The Labute approximate surface area is 148 Å². The Bertz CT molecular complexity index is 864. The molecule has 3 rings (SSSR count). The highest BCUT2D eigenvalue weighted by Gasteiger charge is 2.25. The van der Waals surface area contributed by atoms with E-state index in [0.717, 1.165) is 29.9 Å². The molecular formula is C21H22N2O2. The van der Waals surface area contributed by atoms with Crippen LogP contribution in [0, 0.1) is 6.92 Å². The van der Waals surface area contributed by atoms with Crippen LogP contribution in [0.4, 0.5) is 11.4 Å². The second-order valence-corrected chi connectivity index (χ2v) is 6.09. The Hall–Kier alpha value is -2.88. The molecule has 1 N–H and O–H groups in total. The molecule has 0 spiro atoms. The van der Waals surface area contributed by atoms with Gasteiger partial charge in [0.25, 0.3) is 0 Å². The van der Waals surface area contributed by atoms with Crippen molar-refractivity contribution in [1.82, 2.24) is 0 Å². The second kappa shape index (κ2) is 6.93. The third kappa shape index (κ3) is 3.20. The Morgan fingerprint density at radius 2 is 1.64 bits per heavy atom. The van der Waals surface area contributed by atoms with Gasteiger partial charge in [0.2, 0.25) is 11.6 Å². The molecule has 0 aliphatic heterocycles. The van der Waals surface area contributed by atoms with E-state index in [0.29, 0.717) is 11.3 Å². The van der Waals surface area contributed by atoms with Crippen LogP contribution >= 0.6 is 0 Å². The minimum absolute atomic E-state index is 0.449. The van der Waals surface area contributed by atoms with Crippen LogP contribution in [0.3, 0.4) is 0 Å². The summed E-state index contributed by atoms with van der Waals surface area (Å²) in [6.07, 6.45) is 1.39. The number of carbonyl (C=O) groups excluding carboxylic acids is 2. The van der Waals surface area contributed by atoms with Crippen LogP contribution in [0.2, 0.25) is 0 Å². The normalized spacial score (nSPS) is 13.3. The van der Waals surface area contributed by atoms with E-state index in [9.17, 15) is 9.59 Å². The molecule has 0 atom stereocenters. The highest BCUT2D eigenvalue weighted by molar-refractivity contribution is 6.50. The van der Waals surface area contributed by atoms with Gasteiger partial charge in [-0.3, -0.25) is 9.59 Å². The van der Waals surface area contributed by atoms with Crippen LogP contribution in [-0.4, -0.2) is 24.7 Å². The molecule has 0 radical (unpaired) electrons. The number of rotatable bonds is 5. The Kier molecular flexibility index (Phi) is 4.70. The highest BCUT2D eigenvalue weighted by atomic mass is 16.2. The summed E-state index contributed by atoms with van der Waals surface area (Å²) in [7, 11) is 0. The van der Waals surface area contributed by atoms with Gasteiger partial charge in [-0.05, 0) is 44.5 Å². The van der Waals surface area contributed by atoms with Gasteiger partial charge in [-0.2, -0.15) is 0 Å². The molecule has 0 bridgehead atoms. The van der Waals surface area contributed by atoms with Crippen molar-refractivity contribution in [3.63, 3.8) is 0 Å². The average Bonchev–Trinajstić information content (AvgIpc) is 2.62. The van der Waals surface area contributed by atoms with Gasteiger partial charge in [0, 0.05) is 41.7 Å². The number of hydrogen-bond acceptors (Lipinski definition) is 4. The molecule has 0 saturated carbocycles. The fraction of sp³-hybridized carbons (Fsp3) is 0.238. The number of ketones is 2. The summed E-state index contributed by atoms with van der Waals surface area (Å²) < 4.78 is 0. The third-order valence-electron chi connectivity index (χ3n) is 4.57. The Morgan fingerprint density at radius 3 is 2.28 bits per heavy atom. The lowest BCUT2D eigenvalue weighted by molar-refractivity contribution is -0.111. The van der Waals surface area contributed by atoms with Crippen molar-refractivity contribution < 1.29 is 9.59 Å². The number of carbonyl (C=O) groups is 2. The quantitative estimate of drug-likeness (QED) is 0.838. The predicted molar refractivity (Wildman–Crippen MR) is 102 cm³/mol. The smallest absolute Gasteiger partial charge is 0.233 e. The van der Waals surface area contributed by atoms with E-state index in [1.807, 2.05) is 25.1 Å². The van der Waals surface area contributed by atoms with E-state index in [-0.39, 0.29) is 0 Å². The molecule has 2 aromatic rings. The molecule has 0 fully saturated rings. The van der Waals surface area contributed by atoms with Gasteiger partial charge in [0.1, 0.15) is 0 Å². The van der Waals surface area contributed by atoms with E-state index in [1.165, 1.54) is 11.8 Å². The number of benzene rings is 2. The molecular weight excluding hydrogens is 312 g/mol. The van der Waals surface area contributed by atoms with Gasteiger partial charge in [-0.15, -0.1) is 0 Å². The first kappa shape index (κ1) is 17.0. The largest absolute Gasteiger partial charge is 0.372 e. The number of hydrogen-bond donors (Lipinski definition) is 1. The standard InChI is InChI=1S/C21H22N2O2/c1-4-23(5-2)15-10-11-18(14(3)12-15)22-19-13-20(24)21(25)17-9-7-6-8-16(17)19/h6-13,22H,4-5H2,1-3H3. The van der Waals surface area contributed by atoms with Crippen molar-refractivity contribution in [1.29, 1.82) is 0 Å².